The number of hydrogen-bond donors (Lipinski definition) is 1. The number of halogens is 2. The molecule has 0 atom stereocenters. The summed E-state index contributed by atoms with van der Waals surface area (Å²) < 4.78 is 19.4. The molecule has 2 aromatic rings. The minimum atomic E-state index is -0.837. The van der Waals surface area contributed by atoms with Gasteiger partial charge in [-0.25, -0.2) is 4.98 Å². The van der Waals surface area contributed by atoms with E-state index in [1.165, 1.54) is 17.2 Å². The maximum atomic E-state index is 13.8. The predicted octanol–water partition coefficient (Wildman–Crippen LogP) is 2.63. The molecule has 0 aliphatic heterocycles. The average Bonchev–Trinajstić information content (AvgIpc) is 2.56. The van der Waals surface area contributed by atoms with Crippen LogP contribution in [0, 0.1) is 5.95 Å². The number of nitrogens with zero attached hydrogens (tertiary/aromatic N) is 2. The van der Waals surface area contributed by atoms with Crippen molar-refractivity contribution in [3.63, 3.8) is 0 Å². The van der Waals surface area contributed by atoms with Gasteiger partial charge in [-0.15, -0.1) is 0 Å². The summed E-state index contributed by atoms with van der Waals surface area (Å²) in [6.07, 6.45) is 1.28. The van der Waals surface area contributed by atoms with Gasteiger partial charge in [-0.1, -0.05) is 12.1 Å². The monoisotopic (exact) mass is 382 g/mol. The standard InChI is InChI=1S/C16H16BrFN2O3/c1-23-13-4-2-11(3-5-13)10-20(6-7-21)16(22)14-8-12(17)9-19-15(14)18/h2-5,8-9,21H,6-7,10H2,1H3. The van der Waals surface area contributed by atoms with Crippen LogP contribution in [-0.4, -0.2) is 41.2 Å². The Labute approximate surface area is 141 Å². The first kappa shape index (κ1) is 17.4. The molecule has 5 nitrogen and oxygen atoms in total. The molecule has 1 aromatic carbocycles. The lowest BCUT2D eigenvalue weighted by molar-refractivity contribution is 0.0702. The number of aromatic nitrogens is 1. The van der Waals surface area contributed by atoms with Crippen molar-refractivity contribution >= 4 is 21.8 Å². The second kappa shape index (κ2) is 8.03. The second-order valence-electron chi connectivity index (χ2n) is 4.79. The number of methoxy groups -OCH3 is 1. The number of rotatable bonds is 6. The van der Waals surface area contributed by atoms with E-state index in [-0.39, 0.29) is 25.3 Å². The summed E-state index contributed by atoms with van der Waals surface area (Å²) in [5, 5.41) is 9.18. The van der Waals surface area contributed by atoms with Gasteiger partial charge in [0.05, 0.1) is 19.3 Å². The summed E-state index contributed by atoms with van der Waals surface area (Å²) in [7, 11) is 1.57. The van der Waals surface area contributed by atoms with Crippen LogP contribution in [0.2, 0.25) is 0 Å². The van der Waals surface area contributed by atoms with Crippen LogP contribution in [0.5, 0.6) is 5.75 Å². The first-order chi connectivity index (χ1) is 11.0. The van der Waals surface area contributed by atoms with Crippen LogP contribution in [-0.2, 0) is 6.54 Å². The van der Waals surface area contributed by atoms with Gasteiger partial charge in [0.2, 0.25) is 5.95 Å². The maximum Gasteiger partial charge on any atom is 0.258 e. The zero-order valence-electron chi connectivity index (χ0n) is 12.5. The largest absolute Gasteiger partial charge is 0.497 e. The lowest BCUT2D eigenvalue weighted by Gasteiger charge is -2.22. The first-order valence-electron chi connectivity index (χ1n) is 6.89. The zero-order valence-corrected chi connectivity index (χ0v) is 14.1. The Morgan fingerprint density at radius 3 is 2.70 bits per heavy atom. The fourth-order valence-corrected chi connectivity index (χ4v) is 2.40. The van der Waals surface area contributed by atoms with Crippen LogP contribution in [0.1, 0.15) is 15.9 Å². The van der Waals surface area contributed by atoms with Crippen LogP contribution >= 0.6 is 15.9 Å². The quantitative estimate of drug-likeness (QED) is 0.780. The van der Waals surface area contributed by atoms with E-state index in [1.54, 1.807) is 19.2 Å². The van der Waals surface area contributed by atoms with Gasteiger partial charge in [-0.3, -0.25) is 4.79 Å². The molecule has 0 bridgehead atoms. The van der Waals surface area contributed by atoms with Gasteiger partial charge in [-0.05, 0) is 39.7 Å². The summed E-state index contributed by atoms with van der Waals surface area (Å²) in [5.41, 5.74) is 0.706. The molecule has 0 unspecified atom stereocenters. The molecule has 0 aliphatic rings. The van der Waals surface area contributed by atoms with Crippen molar-refractivity contribution < 1.29 is 19.0 Å². The average molecular weight is 383 g/mol. The fourth-order valence-electron chi connectivity index (χ4n) is 2.07. The van der Waals surface area contributed by atoms with Crippen LogP contribution in [0.4, 0.5) is 4.39 Å². The number of ether oxygens (including phenoxy) is 1. The molecule has 1 aromatic heterocycles. The highest BCUT2D eigenvalue weighted by atomic mass is 79.9. The summed E-state index contributed by atoms with van der Waals surface area (Å²) in [6, 6.07) is 8.55. The molecular weight excluding hydrogens is 367 g/mol. The number of aliphatic hydroxyl groups is 1. The summed E-state index contributed by atoms with van der Waals surface area (Å²) in [4.78, 5) is 17.4. The van der Waals surface area contributed by atoms with Crippen LogP contribution < -0.4 is 4.74 Å². The van der Waals surface area contributed by atoms with Crippen LogP contribution in [0.15, 0.2) is 41.0 Å². The highest BCUT2D eigenvalue weighted by Crippen LogP contribution is 2.18. The molecule has 2 rings (SSSR count). The number of aliphatic hydroxyl groups excluding tert-OH is 1. The number of pyridine rings is 1. The number of amides is 1. The first-order valence-corrected chi connectivity index (χ1v) is 7.68. The molecule has 0 fully saturated rings. The smallest absolute Gasteiger partial charge is 0.258 e. The van der Waals surface area contributed by atoms with Crippen LogP contribution in [0.3, 0.4) is 0 Å². The lowest BCUT2D eigenvalue weighted by atomic mass is 10.1. The summed E-state index contributed by atoms with van der Waals surface area (Å²) in [5.74, 6) is -0.659. The van der Waals surface area contributed by atoms with Gasteiger partial charge in [0.1, 0.15) is 5.75 Å². The van der Waals surface area contributed by atoms with E-state index in [1.807, 2.05) is 12.1 Å². The fraction of sp³-hybridized carbons (Fsp3) is 0.250. The molecule has 0 saturated carbocycles. The number of carbonyl (C=O) groups is 1. The molecule has 0 aliphatic carbocycles. The van der Waals surface area contributed by atoms with Gasteiger partial charge < -0.3 is 14.7 Å². The number of hydrogen-bond acceptors (Lipinski definition) is 4. The van der Waals surface area contributed by atoms with E-state index in [9.17, 15) is 14.3 Å². The Kier molecular flexibility index (Phi) is 6.06. The van der Waals surface area contributed by atoms with Crippen molar-refractivity contribution in [1.82, 2.24) is 9.88 Å². The third kappa shape index (κ3) is 4.49. The number of benzene rings is 1. The lowest BCUT2D eigenvalue weighted by Crippen LogP contribution is -2.33. The van der Waals surface area contributed by atoms with Gasteiger partial charge in [-0.2, -0.15) is 4.39 Å². The van der Waals surface area contributed by atoms with Gasteiger partial charge in [0, 0.05) is 23.8 Å². The van der Waals surface area contributed by atoms with Gasteiger partial charge >= 0.3 is 0 Å². The molecule has 1 N–H and O–H groups in total. The highest BCUT2D eigenvalue weighted by molar-refractivity contribution is 9.10. The molecule has 23 heavy (non-hydrogen) atoms. The van der Waals surface area contributed by atoms with E-state index >= 15 is 0 Å². The summed E-state index contributed by atoms with van der Waals surface area (Å²) >= 11 is 3.17. The van der Waals surface area contributed by atoms with Crippen molar-refractivity contribution in [3.8, 4) is 5.75 Å². The Hall–Kier alpha value is -1.99. The Morgan fingerprint density at radius 1 is 1.39 bits per heavy atom. The Balaban J connectivity index is 2.22. The van der Waals surface area contributed by atoms with Crippen molar-refractivity contribution in [1.29, 1.82) is 0 Å². The number of carbonyl (C=O) groups excluding carboxylic acids is 1. The molecule has 0 spiro atoms. The molecule has 1 amide bonds. The van der Waals surface area contributed by atoms with E-state index in [0.29, 0.717) is 10.2 Å². The third-order valence-corrected chi connectivity index (χ3v) is 3.66. The Morgan fingerprint density at radius 2 is 2.09 bits per heavy atom. The summed E-state index contributed by atoms with van der Waals surface area (Å²) in [6.45, 7) is 0.122. The van der Waals surface area contributed by atoms with E-state index in [4.69, 9.17) is 4.74 Å². The van der Waals surface area contributed by atoms with Gasteiger partial charge in [0.25, 0.3) is 5.91 Å². The maximum absolute atomic E-state index is 13.8. The van der Waals surface area contributed by atoms with Crippen molar-refractivity contribution in [2.24, 2.45) is 0 Å². The molecular formula is C16H16BrFN2O3. The van der Waals surface area contributed by atoms with Gasteiger partial charge in [0.15, 0.2) is 0 Å². The minimum absolute atomic E-state index is 0.0941. The molecule has 7 heteroatoms. The SMILES string of the molecule is COc1ccc(CN(CCO)C(=O)c2cc(Br)cnc2F)cc1. The predicted molar refractivity (Wildman–Crippen MR) is 86.7 cm³/mol. The third-order valence-electron chi connectivity index (χ3n) is 3.23. The molecule has 1 heterocycles. The second-order valence-corrected chi connectivity index (χ2v) is 5.71. The normalized spacial score (nSPS) is 10.4. The van der Waals surface area contributed by atoms with Crippen LogP contribution in [0.25, 0.3) is 0 Å². The highest BCUT2D eigenvalue weighted by Gasteiger charge is 2.20. The van der Waals surface area contributed by atoms with Crippen molar-refractivity contribution in [2.45, 2.75) is 6.54 Å². The molecule has 0 saturated heterocycles. The van der Waals surface area contributed by atoms with Crippen molar-refractivity contribution in [3.05, 3.63) is 58.1 Å². The molecule has 0 radical (unpaired) electrons. The topological polar surface area (TPSA) is 62.7 Å². The minimum Gasteiger partial charge on any atom is -0.497 e. The Bertz CT molecular complexity index is 680. The zero-order chi connectivity index (χ0) is 16.8. The van der Waals surface area contributed by atoms with E-state index in [0.717, 1.165) is 5.56 Å². The molecule has 122 valence electrons. The van der Waals surface area contributed by atoms with E-state index < -0.39 is 11.9 Å². The van der Waals surface area contributed by atoms with Crippen molar-refractivity contribution in [2.75, 3.05) is 20.3 Å². The van der Waals surface area contributed by atoms with E-state index in [2.05, 4.69) is 20.9 Å².